The maximum atomic E-state index is 12.9. The van der Waals surface area contributed by atoms with Crippen LogP contribution in [-0.4, -0.2) is 26.6 Å². The second-order valence-electron chi connectivity index (χ2n) is 5.33. The highest BCUT2D eigenvalue weighted by Gasteiger charge is 2.20. The molecule has 1 heterocycles. The Morgan fingerprint density at radius 1 is 1.04 bits per heavy atom. The Morgan fingerprint density at radius 2 is 1.70 bits per heavy atom. The van der Waals surface area contributed by atoms with Gasteiger partial charge in [-0.15, -0.1) is 0 Å². The number of hydrogen-bond acceptors (Lipinski definition) is 4. The van der Waals surface area contributed by atoms with E-state index in [0.717, 1.165) is 5.56 Å². The summed E-state index contributed by atoms with van der Waals surface area (Å²) in [4.78, 5) is 0. The molecule has 1 aliphatic rings. The van der Waals surface area contributed by atoms with E-state index in [9.17, 15) is 12.8 Å². The number of ether oxygens (including phenoxy) is 2. The van der Waals surface area contributed by atoms with Gasteiger partial charge in [-0.25, -0.2) is 17.1 Å². The van der Waals surface area contributed by atoms with E-state index in [1.54, 1.807) is 18.2 Å². The molecule has 0 N–H and O–H groups in total. The average Bonchev–Trinajstić information content (AvgIpc) is 2.97. The van der Waals surface area contributed by atoms with Crippen molar-refractivity contribution in [3.63, 3.8) is 0 Å². The lowest BCUT2D eigenvalue weighted by Crippen LogP contribution is -2.27. The number of nitrogens with zero attached hydrogens (tertiary/aromatic N) is 1. The molecule has 7 heteroatoms. The number of fused-ring (bicyclic) bond motifs is 1. The Labute approximate surface area is 134 Å². The fourth-order valence-corrected chi connectivity index (χ4v) is 3.48. The standard InChI is InChI=1S/C16H16FNO4S/c1-18(9-13-4-7-15-16(8-13)22-11-21-15)23(19,20)10-12-2-5-14(17)6-3-12/h2-8H,9-11H2,1H3. The zero-order chi connectivity index (χ0) is 16.4. The minimum Gasteiger partial charge on any atom is -0.454 e. The third-order valence-corrected chi connectivity index (χ3v) is 5.36. The fourth-order valence-electron chi connectivity index (χ4n) is 2.30. The van der Waals surface area contributed by atoms with E-state index in [0.29, 0.717) is 17.1 Å². The van der Waals surface area contributed by atoms with E-state index in [1.807, 2.05) is 0 Å². The molecule has 0 amide bonds. The average molecular weight is 337 g/mol. The van der Waals surface area contributed by atoms with Gasteiger partial charge in [0.2, 0.25) is 16.8 Å². The van der Waals surface area contributed by atoms with E-state index < -0.39 is 10.0 Å². The molecule has 2 aromatic carbocycles. The summed E-state index contributed by atoms with van der Waals surface area (Å²) < 4.78 is 49.5. The molecule has 0 aliphatic carbocycles. The molecule has 2 aromatic rings. The van der Waals surface area contributed by atoms with Gasteiger partial charge in [0, 0.05) is 13.6 Å². The Bertz CT molecular complexity index is 805. The SMILES string of the molecule is CN(Cc1ccc2c(c1)OCO2)S(=O)(=O)Cc1ccc(F)cc1. The van der Waals surface area contributed by atoms with Crippen LogP contribution in [0, 0.1) is 5.82 Å². The number of hydrogen-bond donors (Lipinski definition) is 0. The van der Waals surface area contributed by atoms with Gasteiger partial charge in [-0.05, 0) is 35.4 Å². The third-order valence-electron chi connectivity index (χ3n) is 3.58. The number of benzene rings is 2. The fraction of sp³-hybridized carbons (Fsp3) is 0.250. The molecular formula is C16H16FNO4S. The number of halogens is 1. The summed E-state index contributed by atoms with van der Waals surface area (Å²) in [5.74, 6) is 0.714. The molecule has 122 valence electrons. The quantitative estimate of drug-likeness (QED) is 0.841. The minimum absolute atomic E-state index is 0.172. The van der Waals surface area contributed by atoms with Gasteiger partial charge in [-0.3, -0.25) is 0 Å². The molecule has 0 radical (unpaired) electrons. The zero-order valence-electron chi connectivity index (χ0n) is 12.5. The van der Waals surface area contributed by atoms with Crippen molar-refractivity contribution in [2.45, 2.75) is 12.3 Å². The van der Waals surface area contributed by atoms with Crippen LogP contribution < -0.4 is 9.47 Å². The lowest BCUT2D eigenvalue weighted by Gasteiger charge is -2.17. The lowest BCUT2D eigenvalue weighted by atomic mass is 10.2. The van der Waals surface area contributed by atoms with Crippen LogP contribution in [0.2, 0.25) is 0 Å². The second-order valence-corrected chi connectivity index (χ2v) is 7.40. The van der Waals surface area contributed by atoms with Gasteiger partial charge in [-0.2, -0.15) is 0 Å². The van der Waals surface area contributed by atoms with Gasteiger partial charge in [-0.1, -0.05) is 18.2 Å². The molecule has 0 saturated carbocycles. The van der Waals surface area contributed by atoms with Crippen LogP contribution in [0.3, 0.4) is 0 Å². The molecule has 0 saturated heterocycles. The molecule has 1 aliphatic heterocycles. The van der Waals surface area contributed by atoms with Crippen LogP contribution >= 0.6 is 0 Å². The normalized spacial score (nSPS) is 13.5. The molecular weight excluding hydrogens is 321 g/mol. The number of sulfonamides is 1. The predicted octanol–water partition coefficient (Wildman–Crippen LogP) is 2.52. The molecule has 3 rings (SSSR count). The Hall–Kier alpha value is -2.12. The van der Waals surface area contributed by atoms with E-state index in [2.05, 4.69) is 0 Å². The van der Waals surface area contributed by atoms with Crippen molar-refractivity contribution in [3.8, 4) is 11.5 Å². The van der Waals surface area contributed by atoms with Crippen LogP contribution in [0.4, 0.5) is 4.39 Å². The summed E-state index contributed by atoms with van der Waals surface area (Å²) in [7, 11) is -1.98. The molecule has 0 unspecified atom stereocenters. The summed E-state index contributed by atoms with van der Waals surface area (Å²) >= 11 is 0. The van der Waals surface area contributed by atoms with Crippen LogP contribution in [0.15, 0.2) is 42.5 Å². The summed E-state index contributed by atoms with van der Waals surface area (Å²) in [5, 5.41) is 0. The maximum Gasteiger partial charge on any atom is 0.231 e. The topological polar surface area (TPSA) is 55.8 Å². The molecule has 0 spiro atoms. The molecule has 23 heavy (non-hydrogen) atoms. The Morgan fingerprint density at radius 3 is 2.43 bits per heavy atom. The van der Waals surface area contributed by atoms with Crippen LogP contribution in [0.5, 0.6) is 11.5 Å². The highest BCUT2D eigenvalue weighted by atomic mass is 32.2. The van der Waals surface area contributed by atoms with Crippen molar-refractivity contribution >= 4 is 10.0 Å². The first-order valence-electron chi connectivity index (χ1n) is 7.01. The maximum absolute atomic E-state index is 12.9. The van der Waals surface area contributed by atoms with Crippen molar-refractivity contribution < 1.29 is 22.3 Å². The van der Waals surface area contributed by atoms with E-state index in [1.165, 1.54) is 35.6 Å². The molecule has 0 fully saturated rings. The van der Waals surface area contributed by atoms with Gasteiger partial charge in [0.25, 0.3) is 0 Å². The van der Waals surface area contributed by atoms with E-state index >= 15 is 0 Å². The van der Waals surface area contributed by atoms with Crippen molar-refractivity contribution in [3.05, 3.63) is 59.4 Å². The van der Waals surface area contributed by atoms with Crippen molar-refractivity contribution in [1.29, 1.82) is 0 Å². The van der Waals surface area contributed by atoms with Gasteiger partial charge in [0.15, 0.2) is 11.5 Å². The van der Waals surface area contributed by atoms with Gasteiger partial charge < -0.3 is 9.47 Å². The van der Waals surface area contributed by atoms with Crippen LogP contribution in [0.1, 0.15) is 11.1 Å². The third kappa shape index (κ3) is 3.62. The minimum atomic E-state index is -3.50. The van der Waals surface area contributed by atoms with Gasteiger partial charge in [0.05, 0.1) is 5.75 Å². The lowest BCUT2D eigenvalue weighted by molar-refractivity contribution is 0.174. The molecule has 5 nitrogen and oxygen atoms in total. The zero-order valence-corrected chi connectivity index (χ0v) is 13.3. The second kappa shape index (κ2) is 6.17. The predicted molar refractivity (Wildman–Crippen MR) is 83.1 cm³/mol. The first kappa shape index (κ1) is 15.8. The largest absolute Gasteiger partial charge is 0.454 e. The van der Waals surface area contributed by atoms with E-state index in [4.69, 9.17) is 9.47 Å². The highest BCUT2D eigenvalue weighted by molar-refractivity contribution is 7.88. The summed E-state index contributed by atoms with van der Waals surface area (Å²) in [6, 6.07) is 10.8. The molecule has 0 bridgehead atoms. The Balaban J connectivity index is 1.71. The molecule has 0 aromatic heterocycles. The first-order chi connectivity index (χ1) is 10.9. The van der Waals surface area contributed by atoms with Crippen molar-refractivity contribution in [2.75, 3.05) is 13.8 Å². The van der Waals surface area contributed by atoms with Crippen molar-refractivity contribution in [2.24, 2.45) is 0 Å². The van der Waals surface area contributed by atoms with E-state index in [-0.39, 0.29) is 24.9 Å². The van der Waals surface area contributed by atoms with Crippen molar-refractivity contribution in [1.82, 2.24) is 4.31 Å². The summed E-state index contributed by atoms with van der Waals surface area (Å²) in [6.07, 6.45) is 0. The highest BCUT2D eigenvalue weighted by Crippen LogP contribution is 2.32. The van der Waals surface area contributed by atoms with Crippen LogP contribution in [-0.2, 0) is 22.3 Å². The summed E-state index contributed by atoms with van der Waals surface area (Å²) in [5.41, 5.74) is 1.35. The van der Waals surface area contributed by atoms with Gasteiger partial charge >= 0.3 is 0 Å². The molecule has 0 atom stereocenters. The van der Waals surface area contributed by atoms with Gasteiger partial charge in [0.1, 0.15) is 5.82 Å². The Kier molecular flexibility index (Phi) is 4.23. The first-order valence-corrected chi connectivity index (χ1v) is 8.62. The smallest absolute Gasteiger partial charge is 0.231 e. The van der Waals surface area contributed by atoms with Crippen LogP contribution in [0.25, 0.3) is 0 Å². The summed E-state index contributed by atoms with van der Waals surface area (Å²) in [6.45, 7) is 0.400. The number of rotatable bonds is 5. The monoisotopic (exact) mass is 337 g/mol.